The second-order valence-corrected chi connectivity index (χ2v) is 11.2. The van der Waals surface area contributed by atoms with E-state index in [9.17, 15) is 0 Å². The van der Waals surface area contributed by atoms with Crippen molar-refractivity contribution in [1.82, 2.24) is 0 Å². The quantitative estimate of drug-likeness (QED) is 0.251. The third-order valence-electron chi connectivity index (χ3n) is 8.83. The van der Waals surface area contributed by atoms with Gasteiger partial charge in [0.05, 0.1) is 5.69 Å². The van der Waals surface area contributed by atoms with Gasteiger partial charge in [-0.2, -0.15) is 0 Å². The lowest BCUT2D eigenvalue weighted by Crippen LogP contribution is -2.04. The molecule has 1 aliphatic carbocycles. The highest BCUT2D eigenvalue weighted by molar-refractivity contribution is 6.21. The zero-order valence-corrected chi connectivity index (χ0v) is 22.5. The molecule has 1 heterocycles. The van der Waals surface area contributed by atoms with Gasteiger partial charge in [-0.1, -0.05) is 110 Å². The van der Waals surface area contributed by atoms with E-state index < -0.39 is 0 Å². The maximum Gasteiger partial charge on any atom is 0.158 e. The summed E-state index contributed by atoms with van der Waals surface area (Å²) in [5.41, 5.74) is 7.92. The summed E-state index contributed by atoms with van der Waals surface area (Å²) in [4.78, 5) is 0. The first-order valence-electron chi connectivity index (χ1n) is 14.6. The fourth-order valence-electron chi connectivity index (χ4n) is 6.85. The molecular formula is C38H31NO. The van der Waals surface area contributed by atoms with Gasteiger partial charge in [-0.25, -0.2) is 0 Å². The molecule has 40 heavy (non-hydrogen) atoms. The van der Waals surface area contributed by atoms with Crippen LogP contribution in [0.15, 0.2) is 120 Å². The molecular weight excluding hydrogens is 486 g/mol. The van der Waals surface area contributed by atoms with Gasteiger partial charge in [0.15, 0.2) is 5.58 Å². The first kappa shape index (κ1) is 23.3. The Hall–Kier alpha value is -4.56. The second-order valence-electron chi connectivity index (χ2n) is 11.2. The predicted molar refractivity (Wildman–Crippen MR) is 170 cm³/mol. The number of hydrogen-bond donors (Lipinski definition) is 1. The summed E-state index contributed by atoms with van der Waals surface area (Å²) < 4.78 is 6.83. The second kappa shape index (κ2) is 9.57. The average Bonchev–Trinajstić information content (AvgIpc) is 3.42. The van der Waals surface area contributed by atoms with Crippen molar-refractivity contribution in [3.8, 4) is 11.1 Å². The van der Waals surface area contributed by atoms with Crippen LogP contribution >= 0.6 is 0 Å². The van der Waals surface area contributed by atoms with E-state index in [0.29, 0.717) is 5.92 Å². The van der Waals surface area contributed by atoms with Gasteiger partial charge in [0.2, 0.25) is 0 Å². The minimum Gasteiger partial charge on any atom is -0.454 e. The van der Waals surface area contributed by atoms with E-state index in [2.05, 4.69) is 121 Å². The van der Waals surface area contributed by atoms with Crippen LogP contribution in [0.3, 0.4) is 0 Å². The number of anilines is 2. The van der Waals surface area contributed by atoms with Crippen molar-refractivity contribution in [2.24, 2.45) is 0 Å². The molecule has 0 unspecified atom stereocenters. The molecule has 2 nitrogen and oxygen atoms in total. The lowest BCUT2D eigenvalue weighted by atomic mass is 9.82. The van der Waals surface area contributed by atoms with Gasteiger partial charge < -0.3 is 9.73 Å². The van der Waals surface area contributed by atoms with Crippen molar-refractivity contribution in [2.45, 2.75) is 38.0 Å². The fraction of sp³-hybridized carbons (Fsp3) is 0.158. The lowest BCUT2D eigenvalue weighted by molar-refractivity contribution is 0.442. The fourth-order valence-corrected chi connectivity index (χ4v) is 6.85. The van der Waals surface area contributed by atoms with Crippen LogP contribution < -0.4 is 5.32 Å². The molecule has 0 atom stereocenters. The van der Waals surface area contributed by atoms with Crippen molar-refractivity contribution in [2.75, 3.05) is 5.32 Å². The minimum atomic E-state index is 0.569. The molecule has 0 spiro atoms. The van der Waals surface area contributed by atoms with E-state index >= 15 is 0 Å². The molecule has 0 aliphatic heterocycles. The number of furan rings is 1. The number of rotatable bonds is 4. The molecule has 0 bridgehead atoms. The Kier molecular flexibility index (Phi) is 5.58. The summed E-state index contributed by atoms with van der Waals surface area (Å²) in [5.74, 6) is 0.569. The molecule has 1 aliphatic rings. The van der Waals surface area contributed by atoms with Gasteiger partial charge >= 0.3 is 0 Å². The lowest BCUT2D eigenvalue weighted by Gasteiger charge is -2.22. The monoisotopic (exact) mass is 517 g/mol. The summed E-state index contributed by atoms with van der Waals surface area (Å²) in [6, 6.07) is 41.5. The summed E-state index contributed by atoms with van der Waals surface area (Å²) in [7, 11) is 0. The smallest absolute Gasteiger partial charge is 0.158 e. The Balaban J connectivity index is 1.22. The highest BCUT2D eigenvalue weighted by Crippen LogP contribution is 2.45. The zero-order chi connectivity index (χ0) is 26.5. The molecule has 1 fully saturated rings. The molecule has 2 heteroatoms. The summed E-state index contributed by atoms with van der Waals surface area (Å²) in [6.07, 6.45) is 6.46. The van der Waals surface area contributed by atoms with Gasteiger partial charge in [-0.15, -0.1) is 0 Å². The Morgan fingerprint density at radius 3 is 2.12 bits per heavy atom. The molecule has 1 saturated carbocycles. The Labute approximate surface area is 234 Å². The highest BCUT2D eigenvalue weighted by atomic mass is 16.3. The summed E-state index contributed by atoms with van der Waals surface area (Å²) in [5, 5.41) is 11.2. The third-order valence-corrected chi connectivity index (χ3v) is 8.83. The first-order chi connectivity index (χ1) is 19.8. The molecule has 0 saturated heterocycles. The van der Waals surface area contributed by atoms with Crippen molar-refractivity contribution in [3.63, 3.8) is 0 Å². The van der Waals surface area contributed by atoms with Crippen LogP contribution in [-0.2, 0) is 0 Å². The molecule has 1 N–H and O–H groups in total. The first-order valence-corrected chi connectivity index (χ1v) is 14.6. The van der Waals surface area contributed by atoms with E-state index in [1.165, 1.54) is 81.1 Å². The molecule has 0 radical (unpaired) electrons. The zero-order valence-electron chi connectivity index (χ0n) is 22.5. The van der Waals surface area contributed by atoms with Gasteiger partial charge in [0, 0.05) is 16.5 Å². The third kappa shape index (κ3) is 3.86. The Morgan fingerprint density at radius 1 is 0.575 bits per heavy atom. The molecule has 8 rings (SSSR count). The number of nitrogens with one attached hydrogen (secondary N) is 1. The van der Waals surface area contributed by atoms with Crippen LogP contribution in [-0.4, -0.2) is 0 Å². The molecule has 1 aromatic heterocycles. The number of fused-ring (bicyclic) bond motifs is 6. The van der Waals surface area contributed by atoms with E-state index in [4.69, 9.17) is 4.42 Å². The maximum absolute atomic E-state index is 6.83. The normalized spacial score (nSPS) is 14.4. The van der Waals surface area contributed by atoms with Crippen molar-refractivity contribution >= 4 is 54.9 Å². The number of para-hydroxylation sites is 1. The van der Waals surface area contributed by atoms with Crippen molar-refractivity contribution in [1.29, 1.82) is 0 Å². The van der Waals surface area contributed by atoms with Crippen molar-refractivity contribution < 1.29 is 4.42 Å². The highest BCUT2D eigenvalue weighted by Gasteiger charge is 2.23. The van der Waals surface area contributed by atoms with Crippen LogP contribution in [0.5, 0.6) is 0 Å². The standard InChI is InChI=1S/C38H31NO/c1-2-10-26(11-3-1)34-24-28-13-5-7-16-32(28)36-33-18-9-19-35(37(33)40-38(34)36)39-29-22-20-27(21-23-29)31-17-8-14-25-12-4-6-15-30(25)31/h4-9,12-24,26,39H,1-3,10-11H2. The topological polar surface area (TPSA) is 25.2 Å². The Bertz CT molecular complexity index is 2000. The van der Waals surface area contributed by atoms with E-state index in [1.807, 2.05) is 0 Å². The molecule has 6 aromatic carbocycles. The van der Waals surface area contributed by atoms with Gasteiger partial charge in [0.1, 0.15) is 5.58 Å². The SMILES string of the molecule is c1ccc2c(-c3ccc(Nc4cccc5c4oc4c(C6CCCCC6)cc6ccccc6c45)cc3)cccc2c1. The van der Waals surface area contributed by atoms with Crippen LogP contribution in [0, 0.1) is 0 Å². The number of hydrogen-bond acceptors (Lipinski definition) is 2. The maximum atomic E-state index is 6.83. The Morgan fingerprint density at radius 2 is 1.27 bits per heavy atom. The number of benzene rings is 6. The van der Waals surface area contributed by atoms with E-state index in [-0.39, 0.29) is 0 Å². The summed E-state index contributed by atoms with van der Waals surface area (Å²) >= 11 is 0. The van der Waals surface area contributed by atoms with Crippen LogP contribution in [0.1, 0.15) is 43.6 Å². The van der Waals surface area contributed by atoms with Gasteiger partial charge in [-0.05, 0) is 81.3 Å². The van der Waals surface area contributed by atoms with Gasteiger partial charge in [-0.3, -0.25) is 0 Å². The van der Waals surface area contributed by atoms with Gasteiger partial charge in [0.25, 0.3) is 0 Å². The van der Waals surface area contributed by atoms with Crippen molar-refractivity contribution in [3.05, 3.63) is 121 Å². The van der Waals surface area contributed by atoms with Crippen LogP contribution in [0.25, 0.3) is 54.6 Å². The molecule has 0 amide bonds. The van der Waals surface area contributed by atoms with Crippen LogP contribution in [0.2, 0.25) is 0 Å². The van der Waals surface area contributed by atoms with E-state index in [1.54, 1.807) is 0 Å². The molecule has 7 aromatic rings. The minimum absolute atomic E-state index is 0.569. The largest absolute Gasteiger partial charge is 0.454 e. The van der Waals surface area contributed by atoms with Crippen LogP contribution in [0.4, 0.5) is 11.4 Å². The summed E-state index contributed by atoms with van der Waals surface area (Å²) in [6.45, 7) is 0. The average molecular weight is 518 g/mol. The molecule has 194 valence electrons. The van der Waals surface area contributed by atoms with E-state index in [0.717, 1.165) is 22.5 Å². The predicted octanol–water partition coefficient (Wildman–Crippen LogP) is 11.4.